The summed E-state index contributed by atoms with van der Waals surface area (Å²) >= 11 is 0. The molecule has 0 N–H and O–H groups in total. The maximum absolute atomic E-state index is 13.1. The van der Waals surface area contributed by atoms with Crippen LogP contribution in [0.5, 0.6) is 0 Å². The van der Waals surface area contributed by atoms with E-state index in [1.807, 2.05) is 12.1 Å². The Morgan fingerprint density at radius 3 is 2.44 bits per heavy atom. The molecule has 1 aliphatic rings. The molecular formula is C23H31N5O4. The van der Waals surface area contributed by atoms with Crippen molar-refractivity contribution >= 4 is 17.6 Å². The second kappa shape index (κ2) is 9.20. The van der Waals surface area contributed by atoms with E-state index in [0.29, 0.717) is 11.9 Å². The highest BCUT2D eigenvalue weighted by Crippen LogP contribution is 2.33. The van der Waals surface area contributed by atoms with E-state index in [9.17, 15) is 14.9 Å². The summed E-state index contributed by atoms with van der Waals surface area (Å²) in [5, 5.41) is 11.8. The van der Waals surface area contributed by atoms with E-state index in [0.717, 1.165) is 18.5 Å². The minimum Gasteiger partial charge on any atom is -0.443 e. The average molecular weight is 442 g/mol. The molecule has 1 aromatic carbocycles. The third kappa shape index (κ3) is 5.40. The number of ether oxygens (including phenoxy) is 1. The van der Waals surface area contributed by atoms with E-state index in [1.54, 1.807) is 27.7 Å². The Kier molecular flexibility index (Phi) is 6.78. The van der Waals surface area contributed by atoms with E-state index in [1.165, 1.54) is 23.8 Å². The summed E-state index contributed by atoms with van der Waals surface area (Å²) in [5.41, 5.74) is 1.18. The number of carbonyl (C=O) groups excluding carboxylic acids is 1. The lowest BCUT2D eigenvalue weighted by Crippen LogP contribution is -2.37. The van der Waals surface area contributed by atoms with Gasteiger partial charge in [0.15, 0.2) is 0 Å². The largest absolute Gasteiger partial charge is 0.443 e. The number of nitrogens with zero attached hydrogens (tertiary/aromatic N) is 5. The zero-order valence-electron chi connectivity index (χ0n) is 19.6. The first kappa shape index (κ1) is 23.6. The van der Waals surface area contributed by atoms with Crippen molar-refractivity contribution in [2.75, 3.05) is 18.5 Å². The third-order valence-corrected chi connectivity index (χ3v) is 5.43. The second-order valence-corrected chi connectivity index (χ2v) is 9.23. The molecule has 9 heteroatoms. The van der Waals surface area contributed by atoms with Gasteiger partial charge in [-0.25, -0.2) is 14.8 Å². The number of nitro groups is 1. The first-order valence-corrected chi connectivity index (χ1v) is 10.8. The molecule has 9 nitrogen and oxygen atoms in total. The molecule has 0 bridgehead atoms. The number of rotatable bonds is 5. The predicted octanol–water partition coefficient (Wildman–Crippen LogP) is 4.71. The Balaban J connectivity index is 1.98. The van der Waals surface area contributed by atoms with Gasteiger partial charge in [-0.05, 0) is 72.2 Å². The van der Waals surface area contributed by atoms with Crippen LogP contribution in [0.15, 0.2) is 24.3 Å². The van der Waals surface area contributed by atoms with Gasteiger partial charge in [-0.3, -0.25) is 19.9 Å². The number of amides is 1. The number of hydrogen-bond acceptors (Lipinski definition) is 7. The van der Waals surface area contributed by atoms with Crippen LogP contribution in [0.25, 0.3) is 0 Å². The first-order chi connectivity index (χ1) is 15.0. The molecule has 1 unspecified atom stereocenters. The van der Waals surface area contributed by atoms with Crippen molar-refractivity contribution in [3.63, 3.8) is 0 Å². The normalized spacial score (nSPS) is 16.8. The molecule has 172 valence electrons. The van der Waals surface area contributed by atoms with Crippen LogP contribution < -0.4 is 4.90 Å². The van der Waals surface area contributed by atoms with Gasteiger partial charge in [0.2, 0.25) is 5.82 Å². The molecule has 1 atom stereocenters. The lowest BCUT2D eigenvalue weighted by atomic mass is 10.0. The van der Waals surface area contributed by atoms with Gasteiger partial charge in [-0.2, -0.15) is 0 Å². The van der Waals surface area contributed by atoms with E-state index in [2.05, 4.69) is 34.0 Å². The molecule has 1 amide bonds. The van der Waals surface area contributed by atoms with Crippen LogP contribution in [0.2, 0.25) is 0 Å². The quantitative estimate of drug-likeness (QED) is 0.489. The maximum atomic E-state index is 13.1. The molecule has 1 saturated heterocycles. The SMILES string of the molecule is Cc1nc(C)c([N+](=O)[O-])c(N(Cc2ccc(C3CCCN3C)cc2)C(=O)OC(C)(C)C)n1. The fourth-order valence-electron chi connectivity index (χ4n) is 3.99. The van der Waals surface area contributed by atoms with Crippen LogP contribution in [-0.4, -0.2) is 45.1 Å². The van der Waals surface area contributed by atoms with Gasteiger partial charge in [-0.1, -0.05) is 24.3 Å². The molecule has 1 fully saturated rings. The smallest absolute Gasteiger partial charge is 0.416 e. The van der Waals surface area contributed by atoms with Crippen LogP contribution in [0.3, 0.4) is 0 Å². The highest BCUT2D eigenvalue weighted by molar-refractivity contribution is 5.89. The lowest BCUT2D eigenvalue weighted by Gasteiger charge is -2.27. The van der Waals surface area contributed by atoms with E-state index in [4.69, 9.17) is 4.74 Å². The topological polar surface area (TPSA) is 102 Å². The Morgan fingerprint density at radius 1 is 1.25 bits per heavy atom. The molecular weight excluding hydrogens is 410 g/mol. The van der Waals surface area contributed by atoms with Gasteiger partial charge < -0.3 is 4.74 Å². The van der Waals surface area contributed by atoms with E-state index < -0.39 is 16.6 Å². The molecule has 1 aromatic heterocycles. The number of aromatic nitrogens is 2. The molecule has 2 heterocycles. The maximum Gasteiger partial charge on any atom is 0.416 e. The molecule has 0 saturated carbocycles. The van der Waals surface area contributed by atoms with Crippen LogP contribution in [0.4, 0.5) is 16.3 Å². The van der Waals surface area contributed by atoms with Crippen molar-refractivity contribution < 1.29 is 14.5 Å². The predicted molar refractivity (Wildman–Crippen MR) is 122 cm³/mol. The zero-order valence-corrected chi connectivity index (χ0v) is 19.6. The van der Waals surface area contributed by atoms with Gasteiger partial charge in [0.05, 0.1) is 11.5 Å². The van der Waals surface area contributed by atoms with Crippen molar-refractivity contribution in [3.05, 3.63) is 57.0 Å². The summed E-state index contributed by atoms with van der Waals surface area (Å²) in [5.74, 6) is 0.283. The van der Waals surface area contributed by atoms with Crippen LogP contribution in [0.1, 0.15) is 62.3 Å². The van der Waals surface area contributed by atoms with E-state index in [-0.39, 0.29) is 23.7 Å². The summed E-state index contributed by atoms with van der Waals surface area (Å²) in [4.78, 5) is 36.2. The lowest BCUT2D eigenvalue weighted by molar-refractivity contribution is -0.385. The zero-order chi connectivity index (χ0) is 23.6. The van der Waals surface area contributed by atoms with E-state index >= 15 is 0 Å². The van der Waals surface area contributed by atoms with Crippen LogP contribution in [0, 0.1) is 24.0 Å². The number of anilines is 1. The highest BCUT2D eigenvalue weighted by Gasteiger charge is 2.33. The number of aryl methyl sites for hydroxylation is 2. The Bertz CT molecular complexity index is 1000. The molecule has 0 spiro atoms. The monoisotopic (exact) mass is 441 g/mol. The fraction of sp³-hybridized carbons (Fsp3) is 0.522. The highest BCUT2D eigenvalue weighted by atomic mass is 16.6. The Labute approximate surface area is 188 Å². The minimum absolute atomic E-state index is 0.0612. The van der Waals surface area contributed by atoms with Crippen molar-refractivity contribution in [3.8, 4) is 0 Å². The van der Waals surface area contributed by atoms with Crippen LogP contribution >= 0.6 is 0 Å². The molecule has 0 aliphatic carbocycles. The molecule has 0 radical (unpaired) electrons. The summed E-state index contributed by atoms with van der Waals surface area (Å²) in [6.45, 7) is 9.60. The van der Waals surface area contributed by atoms with Crippen molar-refractivity contribution in [2.45, 2.75) is 65.6 Å². The first-order valence-electron chi connectivity index (χ1n) is 10.8. The van der Waals surface area contributed by atoms with Crippen molar-refractivity contribution in [2.24, 2.45) is 0 Å². The van der Waals surface area contributed by atoms with Crippen LogP contribution in [-0.2, 0) is 11.3 Å². The summed E-state index contributed by atoms with van der Waals surface area (Å²) < 4.78 is 5.56. The third-order valence-electron chi connectivity index (χ3n) is 5.43. The molecule has 32 heavy (non-hydrogen) atoms. The number of hydrogen-bond donors (Lipinski definition) is 0. The summed E-state index contributed by atoms with van der Waals surface area (Å²) in [6.07, 6.45) is 1.59. The minimum atomic E-state index is -0.766. The number of likely N-dealkylation sites (tertiary alicyclic amines) is 1. The van der Waals surface area contributed by atoms with Gasteiger partial charge >= 0.3 is 11.8 Å². The molecule has 2 aromatic rings. The number of benzene rings is 1. The van der Waals surface area contributed by atoms with Crippen molar-refractivity contribution in [1.29, 1.82) is 0 Å². The van der Waals surface area contributed by atoms with Gasteiger partial charge in [0.25, 0.3) is 0 Å². The standard InChI is InChI=1S/C23H31N5O4/c1-15-20(28(30)31)21(25-16(2)24-15)27(22(29)32-23(3,4)5)14-17-9-11-18(12-10-17)19-8-7-13-26(19)6/h9-12,19H,7-8,13-14H2,1-6H3. The van der Waals surface area contributed by atoms with Gasteiger partial charge in [0.1, 0.15) is 17.1 Å². The van der Waals surface area contributed by atoms with Gasteiger partial charge in [0, 0.05) is 6.04 Å². The molecule has 3 rings (SSSR count). The average Bonchev–Trinajstić information content (AvgIpc) is 3.10. The summed E-state index contributed by atoms with van der Waals surface area (Å²) in [7, 11) is 2.12. The Hall–Kier alpha value is -3.07. The van der Waals surface area contributed by atoms with Crippen molar-refractivity contribution in [1.82, 2.24) is 14.9 Å². The fourth-order valence-corrected chi connectivity index (χ4v) is 3.99. The number of carbonyl (C=O) groups is 1. The van der Waals surface area contributed by atoms with Gasteiger partial charge in [-0.15, -0.1) is 0 Å². The summed E-state index contributed by atoms with van der Waals surface area (Å²) in [6, 6.07) is 8.40. The molecule has 1 aliphatic heterocycles. The Morgan fingerprint density at radius 2 is 1.91 bits per heavy atom. The second-order valence-electron chi connectivity index (χ2n) is 9.23.